The Morgan fingerprint density at radius 1 is 1.33 bits per heavy atom. The Morgan fingerprint density at radius 3 is 2.94 bits per heavy atom. The number of pyridine rings is 1. The SMILES string of the molecule is CCCOc1cncc(-c2[nH]c(=O)ncc2C)c1. The number of aromatic nitrogens is 3. The molecule has 0 radical (unpaired) electrons. The molecule has 2 aromatic rings. The first-order chi connectivity index (χ1) is 8.70. The van der Waals surface area contributed by atoms with Gasteiger partial charge in [-0.2, -0.15) is 0 Å². The van der Waals surface area contributed by atoms with Crippen molar-refractivity contribution in [3.8, 4) is 17.0 Å². The summed E-state index contributed by atoms with van der Waals surface area (Å²) in [4.78, 5) is 21.8. The standard InChI is InChI=1S/C13H15N3O2/c1-3-4-18-11-5-10(7-14-8-11)12-9(2)6-15-13(17)16-12/h5-8H,3-4H2,1-2H3,(H,15,16,17). The van der Waals surface area contributed by atoms with Crippen LogP contribution in [0, 0.1) is 6.92 Å². The van der Waals surface area contributed by atoms with E-state index in [2.05, 4.69) is 15.0 Å². The summed E-state index contributed by atoms with van der Waals surface area (Å²) in [7, 11) is 0. The van der Waals surface area contributed by atoms with E-state index in [4.69, 9.17) is 4.74 Å². The molecule has 0 saturated carbocycles. The minimum atomic E-state index is -0.365. The molecule has 0 aliphatic rings. The Kier molecular flexibility index (Phi) is 3.72. The van der Waals surface area contributed by atoms with Crippen LogP contribution in [0.3, 0.4) is 0 Å². The first-order valence-electron chi connectivity index (χ1n) is 5.85. The number of hydrogen-bond acceptors (Lipinski definition) is 4. The van der Waals surface area contributed by atoms with E-state index in [0.29, 0.717) is 12.4 Å². The molecule has 0 aliphatic carbocycles. The zero-order valence-corrected chi connectivity index (χ0v) is 10.4. The van der Waals surface area contributed by atoms with Gasteiger partial charge in [-0.05, 0) is 25.0 Å². The van der Waals surface area contributed by atoms with Gasteiger partial charge in [0.25, 0.3) is 0 Å². The lowest BCUT2D eigenvalue weighted by atomic mass is 10.1. The molecule has 0 spiro atoms. The number of ether oxygens (including phenoxy) is 1. The third-order valence-corrected chi connectivity index (χ3v) is 2.48. The molecule has 0 saturated heterocycles. The predicted octanol–water partition coefficient (Wildman–Crippen LogP) is 1.93. The van der Waals surface area contributed by atoms with Gasteiger partial charge in [-0.25, -0.2) is 9.78 Å². The molecule has 94 valence electrons. The highest BCUT2D eigenvalue weighted by Crippen LogP contribution is 2.22. The lowest BCUT2D eigenvalue weighted by molar-refractivity contribution is 0.316. The number of hydrogen-bond donors (Lipinski definition) is 1. The maximum atomic E-state index is 11.3. The van der Waals surface area contributed by atoms with Crippen molar-refractivity contribution in [2.24, 2.45) is 0 Å². The summed E-state index contributed by atoms with van der Waals surface area (Å²) in [5.74, 6) is 0.700. The van der Waals surface area contributed by atoms with Gasteiger partial charge in [0.2, 0.25) is 0 Å². The first-order valence-corrected chi connectivity index (χ1v) is 5.85. The Hall–Kier alpha value is -2.17. The topological polar surface area (TPSA) is 67.9 Å². The number of aryl methyl sites for hydroxylation is 1. The molecule has 0 aliphatic heterocycles. The Morgan fingerprint density at radius 2 is 2.17 bits per heavy atom. The van der Waals surface area contributed by atoms with Gasteiger partial charge in [0.15, 0.2) is 0 Å². The average molecular weight is 245 g/mol. The summed E-state index contributed by atoms with van der Waals surface area (Å²) < 4.78 is 5.52. The number of nitrogens with one attached hydrogen (secondary N) is 1. The summed E-state index contributed by atoms with van der Waals surface area (Å²) in [5, 5.41) is 0. The smallest absolute Gasteiger partial charge is 0.345 e. The van der Waals surface area contributed by atoms with E-state index in [1.165, 1.54) is 0 Å². The molecule has 0 atom stereocenters. The molecule has 0 fully saturated rings. The molecular formula is C13H15N3O2. The fourth-order valence-corrected chi connectivity index (χ4v) is 1.61. The molecule has 2 aromatic heterocycles. The van der Waals surface area contributed by atoms with Crippen molar-refractivity contribution in [2.45, 2.75) is 20.3 Å². The summed E-state index contributed by atoms with van der Waals surface area (Å²) in [6, 6.07) is 1.86. The molecule has 5 nitrogen and oxygen atoms in total. The highest BCUT2D eigenvalue weighted by atomic mass is 16.5. The molecule has 2 heterocycles. The van der Waals surface area contributed by atoms with E-state index in [1.54, 1.807) is 18.6 Å². The lowest BCUT2D eigenvalue weighted by Crippen LogP contribution is -2.11. The highest BCUT2D eigenvalue weighted by molar-refractivity contribution is 5.62. The van der Waals surface area contributed by atoms with Crippen molar-refractivity contribution in [3.05, 3.63) is 40.7 Å². The molecule has 0 bridgehead atoms. The average Bonchev–Trinajstić information content (AvgIpc) is 2.39. The monoisotopic (exact) mass is 245 g/mol. The molecule has 0 unspecified atom stereocenters. The summed E-state index contributed by atoms with van der Waals surface area (Å²) >= 11 is 0. The zero-order chi connectivity index (χ0) is 13.0. The fourth-order valence-electron chi connectivity index (χ4n) is 1.61. The molecule has 18 heavy (non-hydrogen) atoms. The molecular weight excluding hydrogens is 230 g/mol. The van der Waals surface area contributed by atoms with Gasteiger partial charge in [-0.1, -0.05) is 6.92 Å². The van der Waals surface area contributed by atoms with E-state index in [0.717, 1.165) is 23.2 Å². The summed E-state index contributed by atoms with van der Waals surface area (Å²) in [5.41, 5.74) is 2.07. The van der Waals surface area contributed by atoms with Crippen LogP contribution >= 0.6 is 0 Å². The van der Waals surface area contributed by atoms with Crippen molar-refractivity contribution >= 4 is 0 Å². The fraction of sp³-hybridized carbons (Fsp3) is 0.308. The Bertz CT molecular complexity index is 593. The highest BCUT2D eigenvalue weighted by Gasteiger charge is 2.05. The number of nitrogens with zero attached hydrogens (tertiary/aromatic N) is 2. The van der Waals surface area contributed by atoms with Crippen LogP contribution in [0.15, 0.2) is 29.5 Å². The van der Waals surface area contributed by atoms with Crippen LogP contribution in [0.2, 0.25) is 0 Å². The van der Waals surface area contributed by atoms with Crippen LogP contribution in [-0.2, 0) is 0 Å². The molecule has 1 N–H and O–H groups in total. The normalized spacial score (nSPS) is 10.3. The van der Waals surface area contributed by atoms with Gasteiger partial charge < -0.3 is 9.72 Å². The van der Waals surface area contributed by atoms with Gasteiger partial charge in [-0.3, -0.25) is 4.98 Å². The summed E-state index contributed by atoms with van der Waals surface area (Å²) in [6.45, 7) is 4.58. The van der Waals surface area contributed by atoms with Crippen molar-refractivity contribution in [3.63, 3.8) is 0 Å². The second-order valence-corrected chi connectivity index (χ2v) is 4.00. The lowest BCUT2D eigenvalue weighted by Gasteiger charge is -2.07. The van der Waals surface area contributed by atoms with Crippen LogP contribution in [0.5, 0.6) is 5.75 Å². The van der Waals surface area contributed by atoms with Crippen molar-refractivity contribution in [2.75, 3.05) is 6.61 Å². The van der Waals surface area contributed by atoms with Crippen LogP contribution in [0.1, 0.15) is 18.9 Å². The van der Waals surface area contributed by atoms with E-state index in [1.807, 2.05) is 19.9 Å². The van der Waals surface area contributed by atoms with Gasteiger partial charge in [0, 0.05) is 18.0 Å². The minimum Gasteiger partial charge on any atom is -0.492 e. The second kappa shape index (κ2) is 5.44. The molecule has 0 amide bonds. The second-order valence-electron chi connectivity index (χ2n) is 4.00. The largest absolute Gasteiger partial charge is 0.492 e. The maximum absolute atomic E-state index is 11.3. The van der Waals surface area contributed by atoms with Crippen molar-refractivity contribution < 1.29 is 4.74 Å². The zero-order valence-electron chi connectivity index (χ0n) is 10.4. The Labute approximate surface area is 105 Å². The van der Waals surface area contributed by atoms with Crippen LogP contribution in [-0.4, -0.2) is 21.6 Å². The number of H-pyrrole nitrogens is 1. The van der Waals surface area contributed by atoms with E-state index in [-0.39, 0.29) is 5.69 Å². The third-order valence-electron chi connectivity index (χ3n) is 2.48. The van der Waals surface area contributed by atoms with E-state index >= 15 is 0 Å². The van der Waals surface area contributed by atoms with Gasteiger partial charge >= 0.3 is 5.69 Å². The van der Waals surface area contributed by atoms with Gasteiger partial charge in [0.1, 0.15) is 5.75 Å². The van der Waals surface area contributed by atoms with Gasteiger partial charge in [0.05, 0.1) is 18.5 Å². The van der Waals surface area contributed by atoms with Crippen LogP contribution < -0.4 is 10.4 Å². The number of aromatic amines is 1. The van der Waals surface area contributed by atoms with Crippen molar-refractivity contribution in [1.29, 1.82) is 0 Å². The first kappa shape index (κ1) is 12.3. The molecule has 5 heteroatoms. The molecule has 0 aromatic carbocycles. The predicted molar refractivity (Wildman–Crippen MR) is 68.6 cm³/mol. The minimum absolute atomic E-state index is 0.365. The van der Waals surface area contributed by atoms with E-state index < -0.39 is 0 Å². The van der Waals surface area contributed by atoms with E-state index in [9.17, 15) is 4.79 Å². The van der Waals surface area contributed by atoms with Crippen LogP contribution in [0.4, 0.5) is 0 Å². The molecule has 2 rings (SSSR count). The van der Waals surface area contributed by atoms with Gasteiger partial charge in [-0.15, -0.1) is 0 Å². The number of rotatable bonds is 4. The summed E-state index contributed by atoms with van der Waals surface area (Å²) in [6.07, 6.45) is 5.84. The quantitative estimate of drug-likeness (QED) is 0.893. The van der Waals surface area contributed by atoms with Crippen LogP contribution in [0.25, 0.3) is 11.3 Å². The maximum Gasteiger partial charge on any atom is 0.345 e. The Balaban J connectivity index is 2.38. The van der Waals surface area contributed by atoms with Crippen molar-refractivity contribution in [1.82, 2.24) is 15.0 Å². The third kappa shape index (κ3) is 2.74.